The Labute approximate surface area is 215 Å². The highest BCUT2D eigenvalue weighted by molar-refractivity contribution is 5.77. The summed E-state index contributed by atoms with van der Waals surface area (Å²) in [7, 11) is 1.62. The van der Waals surface area contributed by atoms with Crippen molar-refractivity contribution >= 4 is 11.0 Å². The second kappa shape index (κ2) is 9.38. The van der Waals surface area contributed by atoms with Gasteiger partial charge in [-0.05, 0) is 39.2 Å². The lowest BCUT2D eigenvalue weighted by Gasteiger charge is -2.26. The summed E-state index contributed by atoms with van der Waals surface area (Å²) in [6, 6.07) is 8.51. The van der Waals surface area contributed by atoms with Crippen molar-refractivity contribution in [2.24, 2.45) is 0 Å². The number of benzene rings is 1. The molecule has 0 N–H and O–H groups in total. The van der Waals surface area contributed by atoms with Crippen molar-refractivity contribution < 1.29 is 4.74 Å². The van der Waals surface area contributed by atoms with Gasteiger partial charge in [-0.2, -0.15) is 5.10 Å². The van der Waals surface area contributed by atoms with E-state index < -0.39 is 0 Å². The predicted molar refractivity (Wildman–Crippen MR) is 141 cm³/mol. The third kappa shape index (κ3) is 4.04. The van der Waals surface area contributed by atoms with Gasteiger partial charge < -0.3 is 9.30 Å². The molecule has 0 bridgehead atoms. The SMILES string of the molecule is CCn1cc(C)nc1-c1ccc([C@@H](C)n2ncc3cnc(-c4c(OC)ncnc4C4CCC4)nc32)cc1. The van der Waals surface area contributed by atoms with E-state index in [1.54, 1.807) is 13.4 Å². The lowest BCUT2D eigenvalue weighted by molar-refractivity contribution is 0.386. The van der Waals surface area contributed by atoms with Gasteiger partial charge in [0, 0.05) is 30.4 Å². The van der Waals surface area contributed by atoms with Gasteiger partial charge >= 0.3 is 0 Å². The molecule has 6 rings (SSSR count). The van der Waals surface area contributed by atoms with Crippen LogP contribution >= 0.6 is 0 Å². The van der Waals surface area contributed by atoms with Gasteiger partial charge in [0.1, 0.15) is 17.7 Å². The van der Waals surface area contributed by atoms with Crippen LogP contribution in [0, 0.1) is 6.92 Å². The maximum Gasteiger partial charge on any atom is 0.227 e. The molecule has 0 saturated heterocycles. The largest absolute Gasteiger partial charge is 0.480 e. The van der Waals surface area contributed by atoms with Crippen LogP contribution in [0.25, 0.3) is 33.8 Å². The number of fused-ring (bicyclic) bond motifs is 1. The van der Waals surface area contributed by atoms with Crippen LogP contribution in [-0.2, 0) is 6.54 Å². The summed E-state index contributed by atoms with van der Waals surface area (Å²) in [4.78, 5) is 23.3. The van der Waals surface area contributed by atoms with E-state index in [1.165, 1.54) is 6.42 Å². The van der Waals surface area contributed by atoms with Crippen LogP contribution in [0.2, 0.25) is 0 Å². The molecule has 4 aromatic heterocycles. The van der Waals surface area contributed by atoms with Crippen molar-refractivity contribution in [2.75, 3.05) is 7.11 Å². The number of hydrogen-bond donors (Lipinski definition) is 0. The van der Waals surface area contributed by atoms with Gasteiger partial charge in [0.25, 0.3) is 0 Å². The lowest BCUT2D eigenvalue weighted by atomic mass is 9.81. The summed E-state index contributed by atoms with van der Waals surface area (Å²) in [5.41, 5.74) is 5.77. The smallest absolute Gasteiger partial charge is 0.227 e. The van der Waals surface area contributed by atoms with Crippen LogP contribution in [0.5, 0.6) is 5.88 Å². The van der Waals surface area contributed by atoms with Crippen LogP contribution in [0.4, 0.5) is 0 Å². The molecule has 0 aliphatic heterocycles. The minimum Gasteiger partial charge on any atom is -0.480 e. The van der Waals surface area contributed by atoms with E-state index in [-0.39, 0.29) is 6.04 Å². The average Bonchev–Trinajstić information content (AvgIpc) is 3.50. The molecule has 0 spiro atoms. The standard InChI is InChI=1S/C28H30N8O/c1-5-35-15-17(2)33-26(35)21-11-9-19(10-12-21)18(3)36-27-22(14-32-36)13-29-25(34-27)23-24(20-7-6-8-20)30-16-31-28(23)37-4/h9-16,18,20H,5-8H2,1-4H3/t18-/m1/s1. The highest BCUT2D eigenvalue weighted by atomic mass is 16.5. The number of imidazole rings is 1. The second-order valence-electron chi connectivity index (χ2n) is 9.62. The highest BCUT2D eigenvalue weighted by Gasteiger charge is 2.28. The summed E-state index contributed by atoms with van der Waals surface area (Å²) in [6.07, 6.45) is 10.7. The van der Waals surface area contributed by atoms with E-state index in [4.69, 9.17) is 14.7 Å². The minimum atomic E-state index is -0.0259. The van der Waals surface area contributed by atoms with Gasteiger partial charge in [0.05, 0.1) is 36.1 Å². The monoisotopic (exact) mass is 494 g/mol. The molecule has 0 amide bonds. The lowest BCUT2D eigenvalue weighted by Crippen LogP contribution is -2.14. The Hall–Kier alpha value is -4.14. The Bertz CT molecular complexity index is 1570. The number of hydrogen-bond acceptors (Lipinski definition) is 7. The molecular weight excluding hydrogens is 464 g/mol. The zero-order chi connectivity index (χ0) is 25.5. The first kappa shape index (κ1) is 23.3. The van der Waals surface area contributed by atoms with Crippen LogP contribution in [-0.4, -0.2) is 46.4 Å². The van der Waals surface area contributed by atoms with Gasteiger partial charge in [-0.3, -0.25) is 0 Å². The molecule has 0 unspecified atom stereocenters. The highest BCUT2D eigenvalue weighted by Crippen LogP contribution is 2.42. The van der Waals surface area contributed by atoms with Crippen LogP contribution in [0.3, 0.4) is 0 Å². The van der Waals surface area contributed by atoms with Gasteiger partial charge in [-0.25, -0.2) is 29.6 Å². The van der Waals surface area contributed by atoms with Crippen molar-refractivity contribution in [1.29, 1.82) is 0 Å². The van der Waals surface area contributed by atoms with Gasteiger partial charge in [-0.1, -0.05) is 30.7 Å². The van der Waals surface area contributed by atoms with Gasteiger partial charge in [0.15, 0.2) is 11.5 Å². The quantitative estimate of drug-likeness (QED) is 0.300. The summed E-state index contributed by atoms with van der Waals surface area (Å²) < 4.78 is 9.73. The van der Waals surface area contributed by atoms with E-state index in [0.29, 0.717) is 17.6 Å². The Balaban J connectivity index is 1.37. The maximum absolute atomic E-state index is 5.60. The van der Waals surface area contributed by atoms with Crippen LogP contribution < -0.4 is 4.74 Å². The molecule has 9 nitrogen and oxygen atoms in total. The number of ether oxygens (including phenoxy) is 1. The van der Waals surface area contributed by atoms with Crippen molar-refractivity contribution in [1.82, 2.24) is 39.3 Å². The van der Waals surface area contributed by atoms with E-state index >= 15 is 0 Å². The number of aryl methyl sites for hydroxylation is 2. The molecule has 4 heterocycles. The fraction of sp³-hybridized carbons (Fsp3) is 0.357. The molecule has 1 aliphatic rings. The molecule has 1 aliphatic carbocycles. The summed E-state index contributed by atoms with van der Waals surface area (Å²) in [5, 5.41) is 5.56. The number of aromatic nitrogens is 8. The fourth-order valence-corrected chi connectivity index (χ4v) is 5.05. The molecule has 37 heavy (non-hydrogen) atoms. The summed E-state index contributed by atoms with van der Waals surface area (Å²) >= 11 is 0. The Kier molecular flexibility index (Phi) is 5.90. The van der Waals surface area contributed by atoms with Crippen LogP contribution in [0.15, 0.2) is 49.2 Å². The average molecular weight is 495 g/mol. The first-order valence-corrected chi connectivity index (χ1v) is 12.8. The van der Waals surface area contributed by atoms with Crippen molar-refractivity contribution in [3.05, 3.63) is 66.1 Å². The van der Waals surface area contributed by atoms with E-state index in [1.807, 2.05) is 24.0 Å². The van der Waals surface area contributed by atoms with E-state index in [0.717, 1.165) is 64.3 Å². The Morgan fingerprint density at radius 2 is 1.86 bits per heavy atom. The molecular formula is C28H30N8O. The van der Waals surface area contributed by atoms with Crippen LogP contribution in [0.1, 0.15) is 62.0 Å². The molecule has 1 saturated carbocycles. The maximum atomic E-state index is 5.60. The zero-order valence-electron chi connectivity index (χ0n) is 21.6. The Morgan fingerprint density at radius 1 is 1.05 bits per heavy atom. The molecule has 1 aromatic carbocycles. The first-order valence-electron chi connectivity index (χ1n) is 12.8. The Morgan fingerprint density at radius 3 is 2.57 bits per heavy atom. The van der Waals surface area contributed by atoms with Crippen molar-refractivity contribution in [3.8, 4) is 28.7 Å². The normalized spacial score (nSPS) is 14.6. The molecule has 5 aromatic rings. The van der Waals surface area contributed by atoms with Gasteiger partial charge in [0.2, 0.25) is 5.88 Å². The molecule has 9 heteroatoms. The predicted octanol–water partition coefficient (Wildman–Crippen LogP) is 5.36. The molecule has 188 valence electrons. The number of methoxy groups -OCH3 is 1. The zero-order valence-corrected chi connectivity index (χ0v) is 21.6. The molecule has 0 radical (unpaired) electrons. The van der Waals surface area contributed by atoms with Crippen molar-refractivity contribution in [2.45, 2.75) is 58.5 Å². The summed E-state index contributed by atoms with van der Waals surface area (Å²) in [5.74, 6) is 2.45. The first-order chi connectivity index (χ1) is 18.1. The number of nitrogens with zero attached hydrogens (tertiary/aromatic N) is 8. The van der Waals surface area contributed by atoms with E-state index in [9.17, 15) is 0 Å². The number of rotatable bonds is 7. The minimum absolute atomic E-state index is 0.0259. The summed E-state index contributed by atoms with van der Waals surface area (Å²) in [6.45, 7) is 7.17. The second-order valence-corrected chi connectivity index (χ2v) is 9.62. The van der Waals surface area contributed by atoms with Crippen molar-refractivity contribution in [3.63, 3.8) is 0 Å². The third-order valence-corrected chi connectivity index (χ3v) is 7.34. The molecule has 1 fully saturated rings. The fourth-order valence-electron chi connectivity index (χ4n) is 5.05. The topological polar surface area (TPSA) is 96.4 Å². The molecule has 1 atom stereocenters. The third-order valence-electron chi connectivity index (χ3n) is 7.34. The van der Waals surface area contributed by atoms with Gasteiger partial charge in [-0.15, -0.1) is 0 Å². The van der Waals surface area contributed by atoms with E-state index in [2.05, 4.69) is 68.9 Å².